The Morgan fingerprint density at radius 3 is 2.74 bits per heavy atom. The van der Waals surface area contributed by atoms with Crippen LogP contribution in [0.4, 0.5) is 4.39 Å². The molecule has 0 saturated heterocycles. The number of halogens is 2. The van der Waals surface area contributed by atoms with Gasteiger partial charge in [-0.15, -0.1) is 0 Å². The molecule has 0 bridgehead atoms. The van der Waals surface area contributed by atoms with Crippen LogP contribution in [0, 0.1) is 5.82 Å². The van der Waals surface area contributed by atoms with Crippen molar-refractivity contribution in [2.24, 2.45) is 0 Å². The standard InChI is InChI=1S/C14H13ClFNO2/c1-2-13-11(14(18)19)5-6-17(13)8-9-3-4-10(15)7-12(9)16/h3-7H,2,8H2,1H3,(H,18,19). The molecule has 19 heavy (non-hydrogen) atoms. The summed E-state index contributed by atoms with van der Waals surface area (Å²) in [5.41, 5.74) is 1.42. The third-order valence-electron chi connectivity index (χ3n) is 3.00. The number of aromatic nitrogens is 1. The molecule has 0 amide bonds. The van der Waals surface area contributed by atoms with Gasteiger partial charge in [-0.2, -0.15) is 0 Å². The summed E-state index contributed by atoms with van der Waals surface area (Å²) in [5.74, 6) is -1.35. The third-order valence-corrected chi connectivity index (χ3v) is 3.23. The fourth-order valence-corrected chi connectivity index (χ4v) is 2.23. The summed E-state index contributed by atoms with van der Waals surface area (Å²) in [7, 11) is 0. The molecule has 1 heterocycles. The van der Waals surface area contributed by atoms with Crippen molar-refractivity contribution >= 4 is 17.6 Å². The Labute approximate surface area is 115 Å². The fourth-order valence-electron chi connectivity index (χ4n) is 2.08. The molecule has 1 aromatic heterocycles. The molecule has 100 valence electrons. The van der Waals surface area contributed by atoms with Gasteiger partial charge in [-0.25, -0.2) is 9.18 Å². The number of carbonyl (C=O) groups is 1. The van der Waals surface area contributed by atoms with E-state index in [0.717, 1.165) is 0 Å². The lowest BCUT2D eigenvalue weighted by molar-refractivity contribution is 0.0695. The van der Waals surface area contributed by atoms with Crippen molar-refractivity contribution < 1.29 is 14.3 Å². The van der Waals surface area contributed by atoms with Gasteiger partial charge < -0.3 is 9.67 Å². The van der Waals surface area contributed by atoms with Crippen molar-refractivity contribution in [1.29, 1.82) is 0 Å². The first-order valence-corrected chi connectivity index (χ1v) is 6.26. The lowest BCUT2D eigenvalue weighted by atomic mass is 10.2. The number of nitrogens with zero attached hydrogens (tertiary/aromatic N) is 1. The zero-order valence-corrected chi connectivity index (χ0v) is 11.1. The molecule has 0 aliphatic heterocycles. The van der Waals surface area contributed by atoms with Crippen molar-refractivity contribution in [3.8, 4) is 0 Å². The minimum atomic E-state index is -0.966. The Bertz CT molecular complexity index is 622. The van der Waals surface area contributed by atoms with Gasteiger partial charge in [0.1, 0.15) is 5.82 Å². The van der Waals surface area contributed by atoms with Crippen molar-refractivity contribution in [1.82, 2.24) is 4.57 Å². The van der Waals surface area contributed by atoms with Crippen molar-refractivity contribution in [3.05, 3.63) is 58.1 Å². The Morgan fingerprint density at radius 1 is 1.42 bits per heavy atom. The highest BCUT2D eigenvalue weighted by atomic mass is 35.5. The summed E-state index contributed by atoms with van der Waals surface area (Å²) < 4.78 is 15.5. The molecule has 1 aromatic carbocycles. The first-order chi connectivity index (χ1) is 9.02. The van der Waals surface area contributed by atoms with E-state index in [1.807, 2.05) is 6.92 Å². The van der Waals surface area contributed by atoms with E-state index < -0.39 is 5.97 Å². The van der Waals surface area contributed by atoms with E-state index in [2.05, 4.69) is 0 Å². The maximum Gasteiger partial charge on any atom is 0.337 e. The maximum absolute atomic E-state index is 13.7. The smallest absolute Gasteiger partial charge is 0.337 e. The van der Waals surface area contributed by atoms with Crippen LogP contribution in [0.25, 0.3) is 0 Å². The van der Waals surface area contributed by atoms with Crippen LogP contribution in [0.3, 0.4) is 0 Å². The number of aromatic carboxylic acids is 1. The average Bonchev–Trinajstić information content (AvgIpc) is 2.75. The molecule has 3 nitrogen and oxygen atoms in total. The molecule has 2 rings (SSSR count). The normalized spacial score (nSPS) is 10.7. The van der Waals surface area contributed by atoms with E-state index in [0.29, 0.717) is 29.2 Å². The van der Waals surface area contributed by atoms with Crippen molar-refractivity contribution in [2.75, 3.05) is 0 Å². The summed E-state index contributed by atoms with van der Waals surface area (Å²) in [4.78, 5) is 11.1. The van der Waals surface area contributed by atoms with Gasteiger partial charge in [-0.05, 0) is 24.6 Å². The van der Waals surface area contributed by atoms with Gasteiger partial charge in [0.2, 0.25) is 0 Å². The average molecular weight is 282 g/mol. The molecular weight excluding hydrogens is 269 g/mol. The fraction of sp³-hybridized carbons (Fsp3) is 0.214. The number of benzene rings is 1. The summed E-state index contributed by atoms with van der Waals surface area (Å²) in [6.07, 6.45) is 2.24. The predicted molar refractivity (Wildman–Crippen MR) is 71.3 cm³/mol. The quantitative estimate of drug-likeness (QED) is 0.930. The van der Waals surface area contributed by atoms with Gasteiger partial charge in [-0.3, -0.25) is 0 Å². The van der Waals surface area contributed by atoms with Crippen molar-refractivity contribution in [3.63, 3.8) is 0 Å². The van der Waals surface area contributed by atoms with Gasteiger partial charge in [0.25, 0.3) is 0 Å². The Kier molecular flexibility index (Phi) is 3.90. The summed E-state index contributed by atoms with van der Waals surface area (Å²) in [5, 5.41) is 9.41. The first-order valence-electron chi connectivity index (χ1n) is 5.88. The lowest BCUT2D eigenvalue weighted by Gasteiger charge is -2.10. The molecule has 2 aromatic rings. The second-order valence-electron chi connectivity index (χ2n) is 4.20. The number of carboxylic acid groups (broad SMARTS) is 1. The molecule has 0 fully saturated rings. The van der Waals surface area contributed by atoms with Crippen LogP contribution in [-0.4, -0.2) is 15.6 Å². The molecule has 0 spiro atoms. The van der Waals surface area contributed by atoms with E-state index in [4.69, 9.17) is 16.7 Å². The third kappa shape index (κ3) is 2.79. The Morgan fingerprint density at radius 2 is 2.16 bits per heavy atom. The van der Waals surface area contributed by atoms with Gasteiger partial charge in [-0.1, -0.05) is 24.6 Å². The Hall–Kier alpha value is -1.81. The van der Waals surface area contributed by atoms with Crippen LogP contribution in [0.5, 0.6) is 0 Å². The highest BCUT2D eigenvalue weighted by molar-refractivity contribution is 6.30. The Balaban J connectivity index is 2.35. The minimum Gasteiger partial charge on any atom is -0.478 e. The summed E-state index contributed by atoms with van der Waals surface area (Å²) in [6.45, 7) is 2.16. The zero-order valence-electron chi connectivity index (χ0n) is 10.4. The number of carboxylic acids is 1. The van der Waals surface area contributed by atoms with Gasteiger partial charge >= 0.3 is 5.97 Å². The number of hydrogen-bond donors (Lipinski definition) is 1. The van der Waals surface area contributed by atoms with Crippen LogP contribution in [-0.2, 0) is 13.0 Å². The van der Waals surface area contributed by atoms with Crippen LogP contribution in [0.15, 0.2) is 30.5 Å². The maximum atomic E-state index is 13.7. The predicted octanol–water partition coefficient (Wildman–Crippen LogP) is 3.59. The highest BCUT2D eigenvalue weighted by Crippen LogP contribution is 2.18. The van der Waals surface area contributed by atoms with E-state index in [1.54, 1.807) is 22.9 Å². The van der Waals surface area contributed by atoms with E-state index in [9.17, 15) is 9.18 Å². The summed E-state index contributed by atoms with van der Waals surface area (Å²) >= 11 is 5.70. The highest BCUT2D eigenvalue weighted by Gasteiger charge is 2.14. The van der Waals surface area contributed by atoms with E-state index in [-0.39, 0.29) is 11.4 Å². The SMILES string of the molecule is CCc1c(C(=O)O)ccn1Cc1ccc(Cl)cc1F. The second-order valence-corrected chi connectivity index (χ2v) is 4.63. The molecule has 0 unspecified atom stereocenters. The monoisotopic (exact) mass is 281 g/mol. The molecule has 0 saturated carbocycles. The molecule has 5 heteroatoms. The number of rotatable bonds is 4. The van der Waals surface area contributed by atoms with Crippen LogP contribution >= 0.6 is 11.6 Å². The molecule has 0 aliphatic rings. The van der Waals surface area contributed by atoms with E-state index >= 15 is 0 Å². The largest absolute Gasteiger partial charge is 0.478 e. The molecule has 0 aliphatic carbocycles. The van der Waals surface area contributed by atoms with Crippen LogP contribution in [0.2, 0.25) is 5.02 Å². The molecule has 1 N–H and O–H groups in total. The molecular formula is C14H13ClFNO2. The van der Waals surface area contributed by atoms with Gasteiger partial charge in [0, 0.05) is 22.5 Å². The van der Waals surface area contributed by atoms with Gasteiger partial charge in [0.05, 0.1) is 12.1 Å². The number of hydrogen-bond acceptors (Lipinski definition) is 1. The minimum absolute atomic E-state index is 0.261. The lowest BCUT2D eigenvalue weighted by Crippen LogP contribution is -2.08. The van der Waals surface area contributed by atoms with Crippen molar-refractivity contribution in [2.45, 2.75) is 19.9 Å². The first kappa shape index (κ1) is 13.6. The second kappa shape index (κ2) is 5.45. The van der Waals surface area contributed by atoms with Gasteiger partial charge in [0.15, 0.2) is 0 Å². The van der Waals surface area contributed by atoms with Crippen LogP contribution < -0.4 is 0 Å². The molecule has 0 radical (unpaired) electrons. The van der Waals surface area contributed by atoms with Crippen LogP contribution in [0.1, 0.15) is 28.5 Å². The molecule has 0 atom stereocenters. The topological polar surface area (TPSA) is 42.2 Å². The van der Waals surface area contributed by atoms with E-state index in [1.165, 1.54) is 12.1 Å². The summed E-state index contributed by atoms with van der Waals surface area (Å²) in [6, 6.07) is 6.02. The zero-order chi connectivity index (χ0) is 14.0.